The summed E-state index contributed by atoms with van der Waals surface area (Å²) in [6.45, 7) is -0.378. The smallest absolute Gasteiger partial charge is 0.352 e. The maximum absolute atomic E-state index is 13.7. The first-order chi connectivity index (χ1) is 12.3. The van der Waals surface area contributed by atoms with Gasteiger partial charge < -0.3 is 10.6 Å². The quantitative estimate of drug-likeness (QED) is 0.816. The van der Waals surface area contributed by atoms with E-state index in [0.717, 1.165) is 6.07 Å². The van der Waals surface area contributed by atoms with Crippen molar-refractivity contribution in [3.8, 4) is 0 Å². The predicted molar refractivity (Wildman–Crippen MR) is 84.5 cm³/mol. The summed E-state index contributed by atoms with van der Waals surface area (Å²) in [5, 5.41) is 5.06. The van der Waals surface area contributed by atoms with Crippen molar-refractivity contribution in [2.75, 3.05) is 0 Å². The minimum Gasteiger partial charge on any atom is -0.352 e. The van der Waals surface area contributed by atoms with Crippen LogP contribution in [0.25, 0.3) is 0 Å². The maximum Gasteiger partial charge on any atom is 0.416 e. The summed E-state index contributed by atoms with van der Waals surface area (Å²) in [4.78, 5) is 23.9. The van der Waals surface area contributed by atoms with Gasteiger partial charge in [0.25, 0.3) is 5.91 Å². The summed E-state index contributed by atoms with van der Waals surface area (Å²) in [7, 11) is 0. The molecule has 2 amide bonds. The zero-order valence-corrected chi connectivity index (χ0v) is 13.4. The van der Waals surface area contributed by atoms with Crippen LogP contribution in [0.5, 0.6) is 0 Å². The van der Waals surface area contributed by atoms with Crippen molar-refractivity contribution >= 4 is 11.8 Å². The Bertz CT molecular complexity index is 865. The molecule has 2 aromatic rings. The van der Waals surface area contributed by atoms with E-state index in [0.29, 0.717) is 23.3 Å². The molecule has 1 heterocycles. The lowest BCUT2D eigenvalue weighted by molar-refractivity contribution is -0.137. The highest BCUT2D eigenvalue weighted by molar-refractivity contribution is 5.99. The summed E-state index contributed by atoms with van der Waals surface area (Å²) in [5.74, 6) is -1.64. The molecular formula is C18H14F4N2O2. The van der Waals surface area contributed by atoms with Crippen molar-refractivity contribution in [3.63, 3.8) is 0 Å². The number of hydrogen-bond acceptors (Lipinski definition) is 2. The van der Waals surface area contributed by atoms with Gasteiger partial charge in [0, 0.05) is 17.7 Å². The SMILES string of the molecule is O=C(C[C@@H]1NC(=O)c2ccccc21)NCc1cc(C(F)(F)F)ccc1F. The van der Waals surface area contributed by atoms with Gasteiger partial charge in [0.15, 0.2) is 0 Å². The average Bonchev–Trinajstić information content (AvgIpc) is 2.89. The largest absolute Gasteiger partial charge is 0.416 e. The van der Waals surface area contributed by atoms with E-state index in [1.54, 1.807) is 24.3 Å². The van der Waals surface area contributed by atoms with Crippen LogP contribution in [0.4, 0.5) is 17.6 Å². The van der Waals surface area contributed by atoms with Crippen LogP contribution in [0.1, 0.15) is 39.5 Å². The van der Waals surface area contributed by atoms with Crippen LogP contribution >= 0.6 is 0 Å². The molecule has 0 fully saturated rings. The van der Waals surface area contributed by atoms with Crippen LogP contribution in [0, 0.1) is 5.82 Å². The van der Waals surface area contributed by atoms with Crippen molar-refractivity contribution in [2.24, 2.45) is 0 Å². The average molecular weight is 366 g/mol. The lowest BCUT2D eigenvalue weighted by Crippen LogP contribution is -2.29. The highest BCUT2D eigenvalue weighted by Crippen LogP contribution is 2.30. The van der Waals surface area contributed by atoms with Gasteiger partial charge in [-0.3, -0.25) is 9.59 Å². The number of halogens is 4. The molecule has 136 valence electrons. The molecule has 26 heavy (non-hydrogen) atoms. The third-order valence-electron chi connectivity index (χ3n) is 4.12. The van der Waals surface area contributed by atoms with Crippen molar-refractivity contribution < 1.29 is 27.2 Å². The van der Waals surface area contributed by atoms with Crippen LogP contribution in [-0.4, -0.2) is 11.8 Å². The highest BCUT2D eigenvalue weighted by Gasteiger charge is 2.31. The highest BCUT2D eigenvalue weighted by atomic mass is 19.4. The van der Waals surface area contributed by atoms with Crippen LogP contribution in [0.2, 0.25) is 0 Å². The van der Waals surface area contributed by atoms with Crippen LogP contribution in [0.3, 0.4) is 0 Å². The number of alkyl halides is 3. The number of fused-ring (bicyclic) bond motifs is 1. The van der Waals surface area contributed by atoms with E-state index >= 15 is 0 Å². The molecule has 8 heteroatoms. The normalized spacial score (nSPS) is 16.2. The summed E-state index contributed by atoms with van der Waals surface area (Å²) >= 11 is 0. The molecule has 1 aliphatic heterocycles. The number of benzene rings is 2. The van der Waals surface area contributed by atoms with Crippen LogP contribution < -0.4 is 10.6 Å². The Morgan fingerprint density at radius 1 is 1.15 bits per heavy atom. The van der Waals surface area contributed by atoms with Crippen LogP contribution in [0.15, 0.2) is 42.5 Å². The van der Waals surface area contributed by atoms with Gasteiger partial charge in [-0.1, -0.05) is 18.2 Å². The number of nitrogens with one attached hydrogen (secondary N) is 2. The fraction of sp³-hybridized carbons (Fsp3) is 0.222. The van der Waals surface area contributed by atoms with E-state index in [-0.39, 0.29) is 24.4 Å². The number of carbonyl (C=O) groups is 2. The third kappa shape index (κ3) is 3.68. The second-order valence-electron chi connectivity index (χ2n) is 5.90. The van der Waals surface area contributed by atoms with Gasteiger partial charge in [-0.15, -0.1) is 0 Å². The van der Waals surface area contributed by atoms with Gasteiger partial charge in [-0.05, 0) is 29.8 Å². The zero-order valence-electron chi connectivity index (χ0n) is 13.4. The van der Waals surface area contributed by atoms with Gasteiger partial charge in [0.1, 0.15) is 5.82 Å². The second-order valence-corrected chi connectivity index (χ2v) is 5.90. The summed E-state index contributed by atoms with van der Waals surface area (Å²) in [5.41, 5.74) is -0.0868. The van der Waals surface area contributed by atoms with E-state index in [9.17, 15) is 27.2 Å². The van der Waals surface area contributed by atoms with E-state index < -0.39 is 29.5 Å². The van der Waals surface area contributed by atoms with E-state index in [2.05, 4.69) is 10.6 Å². The molecule has 0 saturated heterocycles. The van der Waals surface area contributed by atoms with Crippen molar-refractivity contribution in [3.05, 3.63) is 70.5 Å². The van der Waals surface area contributed by atoms with E-state index in [4.69, 9.17) is 0 Å². The fourth-order valence-electron chi connectivity index (χ4n) is 2.82. The molecule has 2 N–H and O–H groups in total. The topological polar surface area (TPSA) is 58.2 Å². The van der Waals surface area contributed by atoms with E-state index in [1.165, 1.54) is 0 Å². The first kappa shape index (κ1) is 17.9. The minimum atomic E-state index is -4.59. The first-order valence-corrected chi connectivity index (χ1v) is 7.78. The monoisotopic (exact) mass is 366 g/mol. The minimum absolute atomic E-state index is 0.0939. The van der Waals surface area contributed by atoms with Crippen molar-refractivity contribution in [2.45, 2.75) is 25.2 Å². The molecule has 0 aliphatic carbocycles. The summed E-state index contributed by atoms with van der Waals surface area (Å²) in [6, 6.07) is 8.31. The van der Waals surface area contributed by atoms with Crippen LogP contribution in [-0.2, 0) is 17.5 Å². The molecule has 0 aromatic heterocycles. The molecule has 0 radical (unpaired) electrons. The maximum atomic E-state index is 13.7. The molecule has 0 spiro atoms. The van der Waals surface area contributed by atoms with Gasteiger partial charge in [0.2, 0.25) is 5.91 Å². The lowest BCUT2D eigenvalue weighted by Gasteiger charge is -2.13. The van der Waals surface area contributed by atoms with Crippen molar-refractivity contribution in [1.82, 2.24) is 10.6 Å². The Morgan fingerprint density at radius 3 is 2.62 bits per heavy atom. The molecule has 1 atom stereocenters. The Hall–Kier alpha value is -2.90. The number of amides is 2. The number of rotatable bonds is 4. The second kappa shape index (κ2) is 6.78. The molecule has 3 rings (SSSR count). The fourth-order valence-corrected chi connectivity index (χ4v) is 2.82. The molecule has 0 saturated carbocycles. The standard InChI is InChI=1S/C18H14F4N2O2/c19-14-6-5-11(18(20,21)22)7-10(14)9-23-16(25)8-15-12-3-1-2-4-13(12)17(26)24-15/h1-7,15H,8-9H2,(H,23,25)(H,24,26)/t15-/m0/s1. The predicted octanol–water partition coefficient (Wildman–Crippen LogP) is 3.34. The van der Waals surface area contributed by atoms with Gasteiger partial charge in [-0.25, -0.2) is 4.39 Å². The number of hydrogen-bond donors (Lipinski definition) is 2. The molecular weight excluding hydrogens is 352 g/mol. The molecule has 4 nitrogen and oxygen atoms in total. The van der Waals surface area contributed by atoms with Crippen molar-refractivity contribution in [1.29, 1.82) is 0 Å². The Kier molecular flexibility index (Phi) is 4.67. The molecule has 0 unspecified atom stereocenters. The van der Waals surface area contributed by atoms with Gasteiger partial charge in [-0.2, -0.15) is 13.2 Å². The molecule has 1 aliphatic rings. The Balaban J connectivity index is 1.65. The Morgan fingerprint density at radius 2 is 1.88 bits per heavy atom. The molecule has 2 aromatic carbocycles. The molecule has 0 bridgehead atoms. The third-order valence-corrected chi connectivity index (χ3v) is 4.12. The summed E-state index contributed by atoms with van der Waals surface area (Å²) in [6.07, 6.45) is -4.69. The Labute approximate surface area is 146 Å². The first-order valence-electron chi connectivity index (χ1n) is 7.78. The van der Waals surface area contributed by atoms with Gasteiger partial charge in [0.05, 0.1) is 18.0 Å². The number of carbonyl (C=O) groups excluding carboxylic acids is 2. The lowest BCUT2D eigenvalue weighted by atomic mass is 10.0. The summed E-state index contributed by atoms with van der Waals surface area (Å²) < 4.78 is 51.8. The zero-order chi connectivity index (χ0) is 18.9. The van der Waals surface area contributed by atoms with Gasteiger partial charge >= 0.3 is 6.18 Å². The van der Waals surface area contributed by atoms with E-state index in [1.807, 2.05) is 0 Å².